The van der Waals surface area contributed by atoms with Crippen LogP contribution in [0, 0.1) is 0 Å². The van der Waals surface area contributed by atoms with Crippen molar-refractivity contribution in [3.8, 4) is 68.2 Å². The third-order valence-corrected chi connectivity index (χ3v) is 9.50. The van der Waals surface area contributed by atoms with Gasteiger partial charge in [0.15, 0.2) is 11.5 Å². The first-order valence-electron chi connectivity index (χ1n) is 18.8. The Kier molecular flexibility index (Phi) is 12.8. The number of hydrogen-bond donors (Lipinski definition) is 1. The van der Waals surface area contributed by atoms with Crippen molar-refractivity contribution in [2.24, 2.45) is 0 Å². The first-order valence-corrected chi connectivity index (χ1v) is 18.8. The number of para-hydroxylation sites is 4. The van der Waals surface area contributed by atoms with Crippen LogP contribution in [0.3, 0.4) is 0 Å². The first kappa shape index (κ1) is 41.4. The minimum Gasteiger partial charge on any atom is -1.00 e. The lowest BCUT2D eigenvalue weighted by atomic mass is 10.0. The Balaban J connectivity index is 0.000000450. The molecule has 0 radical (unpaired) electrons. The van der Waals surface area contributed by atoms with Crippen molar-refractivity contribution in [1.82, 2.24) is 45.4 Å². The van der Waals surface area contributed by atoms with E-state index in [4.69, 9.17) is 29.9 Å². The summed E-state index contributed by atoms with van der Waals surface area (Å²) in [5.41, 5.74) is 8.72. The number of nitrogens with zero attached hydrogens (tertiary/aromatic N) is 10. The Morgan fingerprint density at radius 3 is 1.16 bits per heavy atom. The molecule has 0 amide bonds. The van der Waals surface area contributed by atoms with Crippen LogP contribution in [-0.4, -0.2) is 59.6 Å². The number of nitrogens with one attached hydrogen (secondary N) is 1. The molecule has 3 aromatic heterocycles. The predicted molar refractivity (Wildman–Crippen MR) is 223 cm³/mol. The van der Waals surface area contributed by atoms with E-state index in [-0.39, 0.29) is 24.8 Å². The number of rotatable bonds is 9. The smallest absolute Gasteiger partial charge is 0.340 e. The SMILES string of the molecule is COc1cc(-c2ccc(-[n+]3nc(-c4ccccc4)nn3-c3ccccc3)c(OC)c2)ccc1-[n+]1nc(-c2ccccc2)nn1-c1ccccc1.[Cl-].[Cl-].c1ccc2n[nH]nc2c1. The second-order valence-electron chi connectivity index (χ2n) is 13.2. The third-order valence-electron chi connectivity index (χ3n) is 9.50. The molecule has 7 aromatic carbocycles. The fourth-order valence-electron chi connectivity index (χ4n) is 6.57. The van der Waals surface area contributed by atoms with E-state index in [9.17, 15) is 0 Å². The molecule has 3 heterocycles. The molecule has 0 atom stereocenters. The minimum atomic E-state index is 0. The Morgan fingerprint density at radius 2 is 0.787 bits per heavy atom. The summed E-state index contributed by atoms with van der Waals surface area (Å²) < 4.78 is 11.9. The normalized spacial score (nSPS) is 10.5. The highest BCUT2D eigenvalue weighted by Crippen LogP contribution is 2.32. The van der Waals surface area contributed by atoms with Gasteiger partial charge in [0.05, 0.1) is 35.5 Å². The van der Waals surface area contributed by atoms with E-state index >= 15 is 0 Å². The predicted octanol–water partition coefficient (Wildman–Crippen LogP) is 1.39. The first-order chi connectivity index (χ1) is 29.2. The highest BCUT2D eigenvalue weighted by atomic mass is 35.5. The van der Waals surface area contributed by atoms with Gasteiger partial charge in [-0.25, -0.2) is 0 Å². The second-order valence-corrected chi connectivity index (χ2v) is 13.2. The van der Waals surface area contributed by atoms with Crippen LogP contribution in [-0.2, 0) is 0 Å². The van der Waals surface area contributed by atoms with E-state index in [1.54, 1.807) is 33.4 Å². The van der Waals surface area contributed by atoms with Crippen molar-refractivity contribution in [1.29, 1.82) is 0 Å². The number of fused-ring (bicyclic) bond motifs is 1. The molecule has 302 valence electrons. The number of hydrogen-bond acceptors (Lipinski definition) is 8. The summed E-state index contributed by atoms with van der Waals surface area (Å²) in [7, 11) is 3.32. The van der Waals surface area contributed by atoms with E-state index in [0.29, 0.717) is 23.1 Å². The van der Waals surface area contributed by atoms with Gasteiger partial charge in [-0.3, -0.25) is 0 Å². The molecule has 1 N–H and O–H groups in total. The summed E-state index contributed by atoms with van der Waals surface area (Å²) in [5.74, 6) is 2.45. The van der Waals surface area contributed by atoms with Crippen molar-refractivity contribution in [3.63, 3.8) is 0 Å². The average molecular weight is 847 g/mol. The maximum absolute atomic E-state index is 5.97. The molecule has 15 heteroatoms. The van der Waals surface area contributed by atoms with Crippen LogP contribution in [0.15, 0.2) is 182 Å². The number of tetrazole rings is 2. The van der Waals surface area contributed by atoms with Crippen molar-refractivity contribution in [2.75, 3.05) is 14.2 Å². The second kappa shape index (κ2) is 18.9. The fraction of sp³-hybridized carbons (Fsp3) is 0.0435. The highest BCUT2D eigenvalue weighted by molar-refractivity contribution is 5.73. The molecule has 10 aromatic rings. The van der Waals surface area contributed by atoms with Gasteiger partial charge < -0.3 is 34.3 Å². The number of halogens is 2. The van der Waals surface area contributed by atoms with Gasteiger partial charge in [-0.1, -0.05) is 84.9 Å². The summed E-state index contributed by atoms with van der Waals surface area (Å²) in [6.07, 6.45) is 0. The number of H-pyrrole nitrogens is 1. The number of aromatic nitrogens is 11. The van der Waals surface area contributed by atoms with Crippen LogP contribution in [0.4, 0.5) is 0 Å². The van der Waals surface area contributed by atoms with Crippen molar-refractivity contribution in [3.05, 3.63) is 182 Å². The standard InChI is InChI=1S/C40H32N8O2.C6H5N3.2ClH/c1-49-37-27-31(23-25-35(37)47-43-39(29-15-7-3-8-16-29)41-45(47)33-19-11-5-12-20-33)32-24-26-36(38(28-32)50-2)48-44-40(30-17-9-4-10-18-30)42-46(48)34-21-13-6-14-22-34;1-2-4-6-5(3-1)7-9-8-6;;/h3-28H,1-2H3;1-4H,(H,7,8,9);2*1H/q+2;;;/p-2. The molecule has 0 bridgehead atoms. The van der Waals surface area contributed by atoms with Crippen LogP contribution in [0.1, 0.15) is 0 Å². The molecule has 0 aliphatic carbocycles. The van der Waals surface area contributed by atoms with E-state index in [0.717, 1.165) is 56.0 Å². The van der Waals surface area contributed by atoms with Gasteiger partial charge in [0.25, 0.3) is 0 Å². The summed E-state index contributed by atoms with van der Waals surface area (Å²) >= 11 is 0. The van der Waals surface area contributed by atoms with E-state index in [1.165, 1.54) is 0 Å². The Morgan fingerprint density at radius 1 is 0.426 bits per heavy atom. The Bertz CT molecular complexity index is 2780. The minimum absolute atomic E-state index is 0. The van der Waals surface area contributed by atoms with E-state index in [1.807, 2.05) is 182 Å². The monoisotopic (exact) mass is 845 g/mol. The topological polar surface area (TPSA) is 129 Å². The molecule has 0 spiro atoms. The summed E-state index contributed by atoms with van der Waals surface area (Å²) in [6.45, 7) is 0. The zero-order chi connectivity index (χ0) is 40.0. The van der Waals surface area contributed by atoms with Crippen molar-refractivity contribution < 1.29 is 43.9 Å². The lowest BCUT2D eigenvalue weighted by Crippen LogP contribution is -3.00. The quantitative estimate of drug-likeness (QED) is 0.216. The molecule has 0 aliphatic rings. The van der Waals surface area contributed by atoms with Gasteiger partial charge in [-0.05, 0) is 128 Å². The molecule has 0 unspecified atom stereocenters. The molecule has 0 saturated carbocycles. The Labute approximate surface area is 363 Å². The average Bonchev–Trinajstić information content (AvgIpc) is 4.10. The Hall–Kier alpha value is -7.74. The molecule has 13 nitrogen and oxygen atoms in total. The van der Waals surface area contributed by atoms with Crippen molar-refractivity contribution in [2.45, 2.75) is 0 Å². The van der Waals surface area contributed by atoms with E-state index in [2.05, 4.69) is 15.4 Å². The number of methoxy groups -OCH3 is 2. The zero-order valence-electron chi connectivity index (χ0n) is 32.9. The molecule has 61 heavy (non-hydrogen) atoms. The number of benzene rings is 7. The third kappa shape index (κ3) is 8.69. The fourth-order valence-corrected chi connectivity index (χ4v) is 6.57. The largest absolute Gasteiger partial charge is 1.00 e. The van der Waals surface area contributed by atoms with E-state index < -0.39 is 0 Å². The highest BCUT2D eigenvalue weighted by Gasteiger charge is 2.28. The van der Waals surface area contributed by atoms with Gasteiger partial charge in [0, 0.05) is 9.59 Å². The van der Waals surface area contributed by atoms with Crippen LogP contribution in [0.25, 0.3) is 67.7 Å². The number of aromatic amines is 1. The lowest BCUT2D eigenvalue weighted by molar-refractivity contribution is -0.734. The van der Waals surface area contributed by atoms with Gasteiger partial charge >= 0.3 is 11.6 Å². The van der Waals surface area contributed by atoms with Crippen LogP contribution >= 0.6 is 0 Å². The van der Waals surface area contributed by atoms with Crippen LogP contribution in [0.5, 0.6) is 11.5 Å². The van der Waals surface area contributed by atoms with Gasteiger partial charge in [0.2, 0.25) is 11.4 Å². The van der Waals surface area contributed by atoms with Crippen LogP contribution < -0.4 is 43.9 Å². The van der Waals surface area contributed by atoms with Gasteiger partial charge in [-0.2, -0.15) is 15.4 Å². The molecule has 0 aliphatic heterocycles. The molecule has 10 rings (SSSR count). The maximum Gasteiger partial charge on any atom is 0.340 e. The van der Waals surface area contributed by atoms with Gasteiger partial charge in [-0.15, -0.1) is 0 Å². The van der Waals surface area contributed by atoms with Crippen LogP contribution in [0.2, 0.25) is 0 Å². The summed E-state index contributed by atoms with van der Waals surface area (Å²) in [5, 5.41) is 29.9. The van der Waals surface area contributed by atoms with Gasteiger partial charge in [0.1, 0.15) is 22.4 Å². The molecular weight excluding hydrogens is 809 g/mol. The maximum atomic E-state index is 5.97. The summed E-state index contributed by atoms with van der Waals surface area (Å²) in [6, 6.07) is 59.4. The summed E-state index contributed by atoms with van der Waals surface area (Å²) in [4.78, 5) is 7.09. The van der Waals surface area contributed by atoms with Crippen molar-refractivity contribution >= 4 is 11.0 Å². The number of ether oxygens (including phenoxy) is 2. The molecule has 0 fully saturated rings. The zero-order valence-corrected chi connectivity index (χ0v) is 34.4. The molecule has 0 saturated heterocycles. The molecular formula is C46H37Cl2N11O2. The lowest BCUT2D eigenvalue weighted by Gasteiger charge is -2.11.